The zero-order valence-electron chi connectivity index (χ0n) is 17.9. The molecule has 0 radical (unpaired) electrons. The fraction of sp³-hybridized carbons (Fsp3) is 0.115. The summed E-state index contributed by atoms with van der Waals surface area (Å²) in [6.07, 6.45) is 1.71. The van der Waals surface area contributed by atoms with Crippen molar-refractivity contribution in [3.63, 3.8) is 0 Å². The number of hydrogen-bond acceptors (Lipinski definition) is 6. The molecule has 7 nitrogen and oxygen atoms in total. The zero-order chi connectivity index (χ0) is 22.6. The Kier molecular flexibility index (Phi) is 5.70. The summed E-state index contributed by atoms with van der Waals surface area (Å²) in [7, 11) is 0. The van der Waals surface area contributed by atoms with Crippen LogP contribution in [0.1, 0.15) is 0 Å². The number of fused-ring (bicyclic) bond motifs is 1. The molecular weight excluding hydrogens is 414 g/mol. The van der Waals surface area contributed by atoms with Gasteiger partial charge in [-0.05, 0) is 47.5 Å². The van der Waals surface area contributed by atoms with Crippen molar-refractivity contribution in [3.8, 4) is 28.1 Å². The van der Waals surface area contributed by atoms with Crippen molar-refractivity contribution < 1.29 is 9.53 Å². The molecule has 1 aliphatic heterocycles. The first-order chi connectivity index (χ1) is 16.2. The molecule has 0 spiro atoms. The number of hydrogen-bond donors (Lipinski definition) is 2. The molecule has 0 saturated heterocycles. The topological polar surface area (TPSA) is 93.4 Å². The summed E-state index contributed by atoms with van der Waals surface area (Å²) in [6, 6.07) is 25.9. The second-order valence-electron chi connectivity index (χ2n) is 7.64. The lowest BCUT2D eigenvalue weighted by atomic mass is 10.1. The van der Waals surface area contributed by atoms with E-state index in [1.807, 2.05) is 54.6 Å². The van der Waals surface area contributed by atoms with Gasteiger partial charge in [0.15, 0.2) is 6.61 Å². The van der Waals surface area contributed by atoms with E-state index in [9.17, 15) is 4.79 Å². The van der Waals surface area contributed by atoms with Gasteiger partial charge in [-0.15, -0.1) is 0 Å². The fourth-order valence-electron chi connectivity index (χ4n) is 3.85. The molecule has 33 heavy (non-hydrogen) atoms. The van der Waals surface area contributed by atoms with Crippen molar-refractivity contribution in [2.75, 3.05) is 29.9 Å². The Balaban J connectivity index is 1.42. The Hall–Kier alpha value is -4.23. The normalized spacial score (nSPS) is 12.8. The van der Waals surface area contributed by atoms with Crippen LogP contribution in [0.15, 0.2) is 85.1 Å². The summed E-state index contributed by atoms with van der Waals surface area (Å²) in [5, 5.41) is 3.29. The molecule has 7 heteroatoms. The van der Waals surface area contributed by atoms with Crippen LogP contribution in [0.4, 0.5) is 17.3 Å². The maximum atomic E-state index is 12.3. The first-order valence-corrected chi connectivity index (χ1v) is 10.7. The standard InChI is InChI=1S/C26H23N5O2/c27-12-14-31-23-16-20(9-10-24(23)33-17-25(31)32)22-11-13-28-26(30-22)29-21-8-4-7-19(15-21)18-5-2-1-3-6-18/h1-11,13,15-16H,12,14,17,27H2,(H,28,29,30). The van der Waals surface area contributed by atoms with Crippen LogP contribution in [-0.2, 0) is 4.79 Å². The molecule has 3 N–H and O–H groups in total. The van der Waals surface area contributed by atoms with Crippen LogP contribution in [0.5, 0.6) is 5.75 Å². The molecule has 0 fully saturated rings. The highest BCUT2D eigenvalue weighted by molar-refractivity contribution is 5.98. The third-order valence-corrected chi connectivity index (χ3v) is 5.43. The fourth-order valence-corrected chi connectivity index (χ4v) is 3.85. The van der Waals surface area contributed by atoms with Gasteiger partial charge in [-0.1, -0.05) is 42.5 Å². The molecule has 0 saturated carbocycles. The van der Waals surface area contributed by atoms with Crippen molar-refractivity contribution in [2.45, 2.75) is 0 Å². The third kappa shape index (κ3) is 4.40. The van der Waals surface area contributed by atoms with Crippen LogP contribution in [0.3, 0.4) is 0 Å². The number of nitrogens with one attached hydrogen (secondary N) is 1. The van der Waals surface area contributed by atoms with Crippen LogP contribution < -0.4 is 20.7 Å². The van der Waals surface area contributed by atoms with E-state index in [1.165, 1.54) is 0 Å². The zero-order valence-corrected chi connectivity index (χ0v) is 17.9. The van der Waals surface area contributed by atoms with Gasteiger partial charge in [0, 0.05) is 30.5 Å². The molecule has 0 unspecified atom stereocenters. The minimum absolute atomic E-state index is 0.0238. The highest BCUT2D eigenvalue weighted by Crippen LogP contribution is 2.35. The molecule has 1 aliphatic rings. The van der Waals surface area contributed by atoms with Crippen molar-refractivity contribution >= 4 is 23.2 Å². The van der Waals surface area contributed by atoms with Gasteiger partial charge in [0.05, 0.1) is 11.4 Å². The van der Waals surface area contributed by atoms with E-state index in [4.69, 9.17) is 10.5 Å². The van der Waals surface area contributed by atoms with E-state index >= 15 is 0 Å². The van der Waals surface area contributed by atoms with E-state index in [2.05, 4.69) is 39.6 Å². The molecule has 4 aromatic rings. The lowest BCUT2D eigenvalue weighted by Gasteiger charge is -2.29. The molecule has 1 amide bonds. The average molecular weight is 438 g/mol. The molecule has 0 bridgehead atoms. The minimum Gasteiger partial charge on any atom is -0.482 e. The van der Waals surface area contributed by atoms with Crippen LogP contribution in [-0.4, -0.2) is 35.6 Å². The predicted molar refractivity (Wildman–Crippen MR) is 130 cm³/mol. The average Bonchev–Trinajstić information content (AvgIpc) is 2.86. The molecule has 5 rings (SSSR count). The van der Waals surface area contributed by atoms with E-state index < -0.39 is 0 Å². The summed E-state index contributed by atoms with van der Waals surface area (Å²) in [6.45, 7) is 0.835. The molecule has 1 aromatic heterocycles. The Labute approximate surface area is 191 Å². The third-order valence-electron chi connectivity index (χ3n) is 5.43. The predicted octanol–water partition coefficient (Wildman–Crippen LogP) is 4.24. The van der Waals surface area contributed by atoms with Crippen LogP contribution >= 0.6 is 0 Å². The maximum Gasteiger partial charge on any atom is 0.265 e. The van der Waals surface area contributed by atoms with Gasteiger partial charge in [0.2, 0.25) is 5.95 Å². The lowest BCUT2D eigenvalue weighted by molar-refractivity contribution is -0.121. The number of amides is 1. The number of benzene rings is 3. The highest BCUT2D eigenvalue weighted by atomic mass is 16.5. The summed E-state index contributed by atoms with van der Waals surface area (Å²) in [5.41, 5.74) is 11.2. The quantitative estimate of drug-likeness (QED) is 0.469. The van der Waals surface area contributed by atoms with Gasteiger partial charge < -0.3 is 20.7 Å². The van der Waals surface area contributed by atoms with E-state index in [0.717, 1.165) is 28.1 Å². The molecule has 0 aliphatic carbocycles. The smallest absolute Gasteiger partial charge is 0.265 e. The van der Waals surface area contributed by atoms with Gasteiger partial charge in [-0.2, -0.15) is 0 Å². The number of rotatable bonds is 6. The number of nitrogens with two attached hydrogens (primary N) is 1. The minimum atomic E-state index is -0.103. The van der Waals surface area contributed by atoms with Gasteiger partial charge in [0.25, 0.3) is 5.91 Å². The highest BCUT2D eigenvalue weighted by Gasteiger charge is 2.25. The second-order valence-corrected chi connectivity index (χ2v) is 7.64. The Bertz CT molecular complexity index is 1290. The number of carbonyl (C=O) groups excluding carboxylic acids is 1. The van der Waals surface area contributed by atoms with Crippen molar-refractivity contribution in [2.24, 2.45) is 5.73 Å². The maximum absolute atomic E-state index is 12.3. The molecular formula is C26H23N5O2. The van der Waals surface area contributed by atoms with Crippen molar-refractivity contribution in [3.05, 3.63) is 85.1 Å². The monoisotopic (exact) mass is 437 g/mol. The van der Waals surface area contributed by atoms with Crippen LogP contribution in [0, 0.1) is 0 Å². The number of ether oxygens (including phenoxy) is 1. The Morgan fingerprint density at radius 1 is 0.939 bits per heavy atom. The number of anilines is 3. The van der Waals surface area contributed by atoms with Crippen LogP contribution in [0.25, 0.3) is 22.4 Å². The van der Waals surface area contributed by atoms with Gasteiger partial charge in [-0.25, -0.2) is 9.97 Å². The largest absolute Gasteiger partial charge is 0.482 e. The van der Waals surface area contributed by atoms with Crippen LogP contribution in [0.2, 0.25) is 0 Å². The number of aromatic nitrogens is 2. The summed E-state index contributed by atoms with van der Waals surface area (Å²) >= 11 is 0. The molecule has 3 aromatic carbocycles. The number of carbonyl (C=O) groups is 1. The first-order valence-electron chi connectivity index (χ1n) is 10.7. The van der Waals surface area contributed by atoms with Gasteiger partial charge in [-0.3, -0.25) is 4.79 Å². The van der Waals surface area contributed by atoms with E-state index in [1.54, 1.807) is 11.1 Å². The Morgan fingerprint density at radius 3 is 2.64 bits per heavy atom. The SMILES string of the molecule is NCCN1C(=O)COc2ccc(-c3ccnc(Nc4cccc(-c5ccccc5)c4)n3)cc21. The molecule has 0 atom stereocenters. The van der Waals surface area contributed by atoms with E-state index in [0.29, 0.717) is 30.5 Å². The van der Waals surface area contributed by atoms with Gasteiger partial charge in [0.1, 0.15) is 5.75 Å². The second kappa shape index (κ2) is 9.10. The first kappa shape index (κ1) is 20.7. The summed E-state index contributed by atoms with van der Waals surface area (Å²) in [5.74, 6) is 1.05. The lowest BCUT2D eigenvalue weighted by Crippen LogP contribution is -2.41. The molecule has 2 heterocycles. The van der Waals surface area contributed by atoms with Crippen molar-refractivity contribution in [1.29, 1.82) is 0 Å². The van der Waals surface area contributed by atoms with E-state index in [-0.39, 0.29) is 12.5 Å². The van der Waals surface area contributed by atoms with Crippen molar-refractivity contribution in [1.82, 2.24) is 9.97 Å². The molecule has 164 valence electrons. The summed E-state index contributed by atoms with van der Waals surface area (Å²) < 4.78 is 5.58. The number of nitrogens with zero attached hydrogens (tertiary/aromatic N) is 3. The van der Waals surface area contributed by atoms with Gasteiger partial charge >= 0.3 is 0 Å². The summed E-state index contributed by atoms with van der Waals surface area (Å²) in [4.78, 5) is 23.0. The Morgan fingerprint density at radius 2 is 1.79 bits per heavy atom.